The third-order valence-corrected chi connectivity index (χ3v) is 3.10. The summed E-state index contributed by atoms with van der Waals surface area (Å²) in [5, 5.41) is 7.70. The standard InChI is InChI=1S/C16H23N3O2/c1-4-8-19-12-13(11-18-19)10-17-14-6-7-15(20-3)16(9-14)21-5-2/h6-7,9,11-12,17H,4-5,8,10H2,1-3H3. The van der Waals surface area contributed by atoms with Gasteiger partial charge in [0.05, 0.1) is 19.9 Å². The summed E-state index contributed by atoms with van der Waals surface area (Å²) in [5.41, 5.74) is 2.17. The van der Waals surface area contributed by atoms with Crippen LogP contribution in [0.25, 0.3) is 0 Å². The molecular formula is C16H23N3O2. The van der Waals surface area contributed by atoms with Crippen LogP contribution in [0.1, 0.15) is 25.8 Å². The second-order valence-electron chi connectivity index (χ2n) is 4.76. The Kier molecular flexibility index (Phi) is 5.49. The Hall–Kier alpha value is -2.17. The lowest BCUT2D eigenvalue weighted by Crippen LogP contribution is -2.01. The van der Waals surface area contributed by atoms with Crippen molar-refractivity contribution in [3.63, 3.8) is 0 Å². The molecular weight excluding hydrogens is 266 g/mol. The molecule has 0 atom stereocenters. The van der Waals surface area contributed by atoms with Gasteiger partial charge in [-0.3, -0.25) is 4.68 Å². The van der Waals surface area contributed by atoms with Gasteiger partial charge in [-0.2, -0.15) is 5.10 Å². The summed E-state index contributed by atoms with van der Waals surface area (Å²) in [5.74, 6) is 1.50. The molecule has 0 bridgehead atoms. The van der Waals surface area contributed by atoms with Crippen LogP contribution < -0.4 is 14.8 Å². The number of methoxy groups -OCH3 is 1. The van der Waals surface area contributed by atoms with Crippen LogP contribution in [0, 0.1) is 0 Å². The van der Waals surface area contributed by atoms with Crippen molar-refractivity contribution in [2.75, 3.05) is 19.0 Å². The fraction of sp³-hybridized carbons (Fsp3) is 0.438. The molecule has 0 spiro atoms. The molecule has 5 nitrogen and oxygen atoms in total. The van der Waals surface area contributed by atoms with Gasteiger partial charge < -0.3 is 14.8 Å². The first kappa shape index (κ1) is 15.2. The van der Waals surface area contributed by atoms with Gasteiger partial charge in [0.25, 0.3) is 0 Å². The van der Waals surface area contributed by atoms with Crippen LogP contribution in [0.15, 0.2) is 30.6 Å². The van der Waals surface area contributed by atoms with Crippen molar-refractivity contribution in [2.45, 2.75) is 33.4 Å². The zero-order chi connectivity index (χ0) is 15.1. The Labute approximate surface area is 125 Å². The summed E-state index contributed by atoms with van der Waals surface area (Å²) in [6, 6.07) is 5.85. The van der Waals surface area contributed by atoms with Gasteiger partial charge in [0.15, 0.2) is 11.5 Å². The minimum Gasteiger partial charge on any atom is -0.493 e. The summed E-state index contributed by atoms with van der Waals surface area (Å²) in [6.45, 7) is 6.41. The summed E-state index contributed by atoms with van der Waals surface area (Å²) < 4.78 is 12.8. The molecule has 2 rings (SSSR count). The van der Waals surface area contributed by atoms with E-state index in [0.717, 1.165) is 42.3 Å². The number of aromatic nitrogens is 2. The number of hydrogen-bond donors (Lipinski definition) is 1. The van der Waals surface area contributed by atoms with E-state index in [1.165, 1.54) is 0 Å². The first-order chi connectivity index (χ1) is 10.3. The highest BCUT2D eigenvalue weighted by atomic mass is 16.5. The van der Waals surface area contributed by atoms with E-state index in [1.807, 2.05) is 36.0 Å². The van der Waals surface area contributed by atoms with Crippen molar-refractivity contribution in [2.24, 2.45) is 0 Å². The highest BCUT2D eigenvalue weighted by molar-refractivity contribution is 5.54. The van der Waals surface area contributed by atoms with Gasteiger partial charge in [-0.15, -0.1) is 0 Å². The summed E-state index contributed by atoms with van der Waals surface area (Å²) in [4.78, 5) is 0. The van der Waals surface area contributed by atoms with E-state index < -0.39 is 0 Å². The topological polar surface area (TPSA) is 48.3 Å². The van der Waals surface area contributed by atoms with Crippen LogP contribution in [-0.2, 0) is 13.1 Å². The smallest absolute Gasteiger partial charge is 0.163 e. The second kappa shape index (κ2) is 7.57. The molecule has 0 aliphatic carbocycles. The molecule has 21 heavy (non-hydrogen) atoms. The van der Waals surface area contributed by atoms with Gasteiger partial charge in [-0.1, -0.05) is 6.92 Å². The molecule has 0 amide bonds. The first-order valence-electron chi connectivity index (χ1n) is 7.32. The van der Waals surface area contributed by atoms with Crippen molar-refractivity contribution >= 4 is 5.69 Å². The largest absolute Gasteiger partial charge is 0.493 e. The number of aryl methyl sites for hydroxylation is 1. The van der Waals surface area contributed by atoms with Crippen LogP contribution in [-0.4, -0.2) is 23.5 Å². The van der Waals surface area contributed by atoms with Gasteiger partial charge in [0.1, 0.15) is 0 Å². The quantitative estimate of drug-likeness (QED) is 0.810. The van der Waals surface area contributed by atoms with Gasteiger partial charge in [-0.05, 0) is 25.5 Å². The number of anilines is 1. The molecule has 1 aromatic carbocycles. The molecule has 0 saturated carbocycles. The summed E-state index contributed by atoms with van der Waals surface area (Å²) in [7, 11) is 1.65. The SMILES string of the molecule is CCCn1cc(CNc2ccc(OC)c(OCC)c2)cn1. The van der Waals surface area contributed by atoms with E-state index in [1.54, 1.807) is 7.11 Å². The molecule has 0 radical (unpaired) electrons. The molecule has 1 N–H and O–H groups in total. The molecule has 1 aromatic heterocycles. The van der Waals surface area contributed by atoms with Crippen molar-refractivity contribution in [1.29, 1.82) is 0 Å². The maximum Gasteiger partial charge on any atom is 0.163 e. The fourth-order valence-corrected chi connectivity index (χ4v) is 2.11. The van der Waals surface area contributed by atoms with Gasteiger partial charge in [0, 0.05) is 36.6 Å². The Morgan fingerprint density at radius 3 is 2.81 bits per heavy atom. The number of rotatable bonds is 8. The van der Waals surface area contributed by atoms with Gasteiger partial charge >= 0.3 is 0 Å². The number of benzene rings is 1. The van der Waals surface area contributed by atoms with Gasteiger partial charge in [-0.25, -0.2) is 0 Å². The molecule has 0 aliphatic heterocycles. The van der Waals surface area contributed by atoms with Crippen LogP contribution in [0.3, 0.4) is 0 Å². The van der Waals surface area contributed by atoms with Crippen molar-refractivity contribution in [3.05, 3.63) is 36.2 Å². The molecule has 2 aromatic rings. The van der Waals surface area contributed by atoms with Crippen molar-refractivity contribution in [3.8, 4) is 11.5 Å². The van der Waals surface area contributed by atoms with E-state index in [9.17, 15) is 0 Å². The maximum absolute atomic E-state index is 5.58. The Morgan fingerprint density at radius 1 is 1.24 bits per heavy atom. The molecule has 1 heterocycles. The van der Waals surface area contributed by atoms with E-state index in [2.05, 4.69) is 23.5 Å². The predicted molar refractivity (Wildman–Crippen MR) is 84.0 cm³/mol. The monoisotopic (exact) mass is 289 g/mol. The first-order valence-corrected chi connectivity index (χ1v) is 7.32. The number of nitrogens with one attached hydrogen (secondary N) is 1. The van der Waals surface area contributed by atoms with E-state index in [-0.39, 0.29) is 0 Å². The Bertz CT molecular complexity index is 566. The minimum absolute atomic E-state index is 0.615. The maximum atomic E-state index is 5.58. The van der Waals surface area contributed by atoms with E-state index in [4.69, 9.17) is 9.47 Å². The average Bonchev–Trinajstić information content (AvgIpc) is 2.94. The van der Waals surface area contributed by atoms with Crippen LogP contribution in [0.4, 0.5) is 5.69 Å². The number of hydrogen-bond acceptors (Lipinski definition) is 4. The number of ether oxygens (including phenoxy) is 2. The predicted octanol–water partition coefficient (Wildman–Crippen LogP) is 3.31. The summed E-state index contributed by atoms with van der Waals surface area (Å²) >= 11 is 0. The third kappa shape index (κ3) is 4.15. The molecule has 5 heteroatoms. The number of nitrogens with zero attached hydrogens (tertiary/aromatic N) is 2. The molecule has 0 fully saturated rings. The minimum atomic E-state index is 0.615. The molecule has 0 aliphatic rings. The molecule has 0 unspecified atom stereocenters. The highest BCUT2D eigenvalue weighted by Gasteiger charge is 2.05. The average molecular weight is 289 g/mol. The zero-order valence-electron chi connectivity index (χ0n) is 12.9. The fourth-order valence-electron chi connectivity index (χ4n) is 2.11. The molecule has 0 saturated heterocycles. The van der Waals surface area contributed by atoms with Crippen LogP contribution in [0.5, 0.6) is 11.5 Å². The van der Waals surface area contributed by atoms with Gasteiger partial charge in [0.2, 0.25) is 0 Å². The highest BCUT2D eigenvalue weighted by Crippen LogP contribution is 2.30. The van der Waals surface area contributed by atoms with E-state index in [0.29, 0.717) is 6.61 Å². The third-order valence-electron chi connectivity index (χ3n) is 3.10. The summed E-state index contributed by atoms with van der Waals surface area (Å²) in [6.07, 6.45) is 5.06. The van der Waals surface area contributed by atoms with Crippen LogP contribution in [0.2, 0.25) is 0 Å². The van der Waals surface area contributed by atoms with Crippen molar-refractivity contribution < 1.29 is 9.47 Å². The normalized spacial score (nSPS) is 10.4. The lowest BCUT2D eigenvalue weighted by Gasteiger charge is -2.12. The van der Waals surface area contributed by atoms with Crippen LogP contribution >= 0.6 is 0 Å². The van der Waals surface area contributed by atoms with Crippen molar-refractivity contribution in [1.82, 2.24) is 9.78 Å². The lowest BCUT2D eigenvalue weighted by atomic mass is 10.2. The Morgan fingerprint density at radius 2 is 2.10 bits per heavy atom. The Balaban J connectivity index is 2.00. The van der Waals surface area contributed by atoms with E-state index >= 15 is 0 Å². The lowest BCUT2D eigenvalue weighted by molar-refractivity contribution is 0.311. The zero-order valence-corrected chi connectivity index (χ0v) is 12.9. The second-order valence-corrected chi connectivity index (χ2v) is 4.76. The molecule has 114 valence electrons.